The molecule has 0 unspecified atom stereocenters. The fourth-order valence-electron chi connectivity index (χ4n) is 3.62. The Balaban J connectivity index is 2.45. The Labute approximate surface area is 206 Å². The van der Waals surface area contributed by atoms with Gasteiger partial charge in [-0.2, -0.15) is 0 Å². The number of hydrogen-bond donors (Lipinski definition) is 2. The molecule has 35 heavy (non-hydrogen) atoms. The second-order valence-corrected chi connectivity index (χ2v) is 9.21. The summed E-state index contributed by atoms with van der Waals surface area (Å²) in [6.07, 6.45) is 1.40. The van der Waals surface area contributed by atoms with Gasteiger partial charge in [-0.25, -0.2) is 18.4 Å². The molecule has 0 spiro atoms. The van der Waals surface area contributed by atoms with Gasteiger partial charge >= 0.3 is 12.0 Å². The molecule has 0 aromatic heterocycles. The van der Waals surface area contributed by atoms with Crippen LogP contribution in [0.3, 0.4) is 0 Å². The van der Waals surface area contributed by atoms with Gasteiger partial charge in [-0.3, -0.25) is 0 Å². The van der Waals surface area contributed by atoms with Crippen molar-refractivity contribution in [3.05, 3.63) is 59.7 Å². The first-order valence-electron chi connectivity index (χ1n) is 11.8. The first kappa shape index (κ1) is 27.8. The van der Waals surface area contributed by atoms with Crippen LogP contribution in [0.25, 0.3) is 5.57 Å². The van der Waals surface area contributed by atoms with Crippen LogP contribution in [-0.4, -0.2) is 31.7 Å². The van der Waals surface area contributed by atoms with Crippen molar-refractivity contribution in [3.8, 4) is 0 Å². The minimum atomic E-state index is -0.872. The molecular formula is C27H35F2N3O3. The number of carbonyl (C=O) groups excluding carboxylic acids is 2. The highest BCUT2D eigenvalue weighted by atomic mass is 19.1. The second kappa shape index (κ2) is 12.9. The lowest BCUT2D eigenvalue weighted by Crippen LogP contribution is -2.32. The monoisotopic (exact) mass is 487 g/mol. The number of amides is 2. The van der Waals surface area contributed by atoms with Crippen molar-refractivity contribution in [3.63, 3.8) is 0 Å². The molecule has 6 nitrogen and oxygen atoms in total. The van der Waals surface area contributed by atoms with Gasteiger partial charge in [-0.1, -0.05) is 33.8 Å². The molecule has 0 bridgehead atoms. The molecule has 0 aliphatic carbocycles. The molecule has 2 rings (SSSR count). The molecule has 190 valence electrons. The van der Waals surface area contributed by atoms with Crippen LogP contribution in [-0.2, 0) is 9.53 Å². The Morgan fingerprint density at radius 1 is 0.971 bits per heavy atom. The summed E-state index contributed by atoms with van der Waals surface area (Å²) >= 11 is 0. The van der Waals surface area contributed by atoms with Crippen LogP contribution in [0.1, 0.15) is 47.1 Å². The SMILES string of the molecule is CCOC(=O)/C=C(\C)c1ccc(N(CC(C)C)CC(C)C)c(NC(=O)Nc2ccc(F)cc2F)c1. The maximum atomic E-state index is 14.1. The molecular weight excluding hydrogens is 452 g/mol. The van der Waals surface area contributed by atoms with Gasteiger partial charge in [0.2, 0.25) is 0 Å². The minimum Gasteiger partial charge on any atom is -0.463 e. The standard InChI is InChI=1S/C27H35F2N3O3/c1-7-35-26(33)12-19(6)20-8-11-25(32(15-17(2)3)16-18(4)5)24(13-20)31-27(34)30-23-10-9-21(28)14-22(23)29/h8-14,17-18H,7,15-16H2,1-6H3,(H2,30,31,34)/b19-12+. The number of halogens is 2. The molecule has 8 heteroatoms. The van der Waals surface area contributed by atoms with Crippen LogP contribution in [0.4, 0.5) is 30.6 Å². The summed E-state index contributed by atoms with van der Waals surface area (Å²) < 4.78 is 32.3. The zero-order valence-corrected chi connectivity index (χ0v) is 21.2. The van der Waals surface area contributed by atoms with Crippen molar-refractivity contribution in [1.29, 1.82) is 0 Å². The number of anilines is 3. The van der Waals surface area contributed by atoms with E-state index in [4.69, 9.17) is 4.74 Å². The third-order valence-electron chi connectivity index (χ3n) is 5.01. The molecule has 0 saturated heterocycles. The van der Waals surface area contributed by atoms with Crippen LogP contribution in [0, 0.1) is 23.5 Å². The van der Waals surface area contributed by atoms with Gasteiger partial charge in [0.05, 0.1) is 23.7 Å². The van der Waals surface area contributed by atoms with E-state index < -0.39 is 23.6 Å². The summed E-state index contributed by atoms with van der Waals surface area (Å²) in [6, 6.07) is 7.83. The number of nitrogens with zero attached hydrogens (tertiary/aromatic N) is 1. The molecule has 2 amide bonds. The lowest BCUT2D eigenvalue weighted by Gasteiger charge is -2.30. The van der Waals surface area contributed by atoms with E-state index in [0.29, 0.717) is 29.2 Å². The zero-order chi connectivity index (χ0) is 26.1. The Hall–Kier alpha value is -3.42. The molecule has 0 atom stereocenters. The number of rotatable bonds is 10. The van der Waals surface area contributed by atoms with Gasteiger partial charge in [-0.15, -0.1) is 0 Å². The number of esters is 1. The first-order valence-corrected chi connectivity index (χ1v) is 11.8. The third kappa shape index (κ3) is 8.70. The summed E-state index contributed by atoms with van der Waals surface area (Å²) in [6.45, 7) is 13.8. The molecule has 0 fully saturated rings. The average Bonchev–Trinajstić information content (AvgIpc) is 2.74. The molecule has 2 N–H and O–H groups in total. The summed E-state index contributed by atoms with van der Waals surface area (Å²) in [4.78, 5) is 26.9. The quantitative estimate of drug-likeness (QED) is 0.289. The van der Waals surface area contributed by atoms with Gasteiger partial charge in [0.15, 0.2) is 0 Å². The van der Waals surface area contributed by atoms with Gasteiger partial charge in [0.1, 0.15) is 11.6 Å². The van der Waals surface area contributed by atoms with Crippen molar-refractivity contribution in [2.75, 3.05) is 35.2 Å². The van der Waals surface area contributed by atoms with E-state index in [0.717, 1.165) is 36.5 Å². The van der Waals surface area contributed by atoms with Gasteiger partial charge in [0, 0.05) is 25.2 Å². The number of ether oxygens (including phenoxy) is 1. The summed E-state index contributed by atoms with van der Waals surface area (Å²) in [5.74, 6) is -1.31. The number of carbonyl (C=O) groups is 2. The number of benzene rings is 2. The normalized spacial score (nSPS) is 11.5. The van der Waals surface area contributed by atoms with Gasteiger partial charge in [0.25, 0.3) is 0 Å². The van der Waals surface area contributed by atoms with Gasteiger partial charge < -0.3 is 20.3 Å². The number of allylic oxidation sites excluding steroid dienone is 1. The number of nitrogens with one attached hydrogen (secondary N) is 2. The van der Waals surface area contributed by atoms with Crippen LogP contribution in [0.2, 0.25) is 0 Å². The largest absolute Gasteiger partial charge is 0.463 e. The van der Waals surface area contributed by atoms with Crippen molar-refractivity contribution >= 4 is 34.6 Å². The van der Waals surface area contributed by atoms with E-state index in [2.05, 4.69) is 43.2 Å². The first-order chi connectivity index (χ1) is 16.5. The second-order valence-electron chi connectivity index (χ2n) is 9.21. The summed E-state index contributed by atoms with van der Waals surface area (Å²) in [5.41, 5.74) is 2.55. The predicted octanol–water partition coefficient (Wildman–Crippen LogP) is 6.69. The van der Waals surface area contributed by atoms with E-state index in [1.807, 2.05) is 12.1 Å². The van der Waals surface area contributed by atoms with Gasteiger partial charge in [-0.05, 0) is 61.1 Å². The zero-order valence-electron chi connectivity index (χ0n) is 21.2. The molecule has 0 heterocycles. The Morgan fingerprint density at radius 2 is 1.60 bits per heavy atom. The fourth-order valence-corrected chi connectivity index (χ4v) is 3.62. The molecule has 0 aliphatic rings. The topological polar surface area (TPSA) is 70.7 Å². The van der Waals surface area contributed by atoms with Crippen molar-refractivity contribution < 1.29 is 23.1 Å². The van der Waals surface area contributed by atoms with Crippen LogP contribution in [0.15, 0.2) is 42.5 Å². The number of urea groups is 1. The van der Waals surface area contributed by atoms with Crippen molar-refractivity contribution in [1.82, 2.24) is 0 Å². The predicted molar refractivity (Wildman–Crippen MR) is 138 cm³/mol. The summed E-state index contributed by atoms with van der Waals surface area (Å²) in [7, 11) is 0. The fraction of sp³-hybridized carbons (Fsp3) is 0.407. The molecule has 0 saturated carbocycles. The van der Waals surface area contributed by atoms with Crippen molar-refractivity contribution in [2.24, 2.45) is 11.8 Å². The van der Waals surface area contributed by atoms with Crippen LogP contribution in [0.5, 0.6) is 0 Å². The van der Waals surface area contributed by atoms with Crippen molar-refractivity contribution in [2.45, 2.75) is 41.5 Å². The highest BCUT2D eigenvalue weighted by molar-refractivity contribution is 6.02. The van der Waals surface area contributed by atoms with E-state index in [1.165, 1.54) is 6.08 Å². The van der Waals surface area contributed by atoms with Crippen LogP contribution < -0.4 is 15.5 Å². The third-order valence-corrected chi connectivity index (χ3v) is 5.01. The highest BCUT2D eigenvalue weighted by Gasteiger charge is 2.18. The lowest BCUT2D eigenvalue weighted by molar-refractivity contribution is -0.137. The Kier molecular flexibility index (Phi) is 10.2. The summed E-state index contributed by atoms with van der Waals surface area (Å²) in [5, 5.41) is 5.24. The smallest absolute Gasteiger partial charge is 0.331 e. The molecule has 2 aromatic carbocycles. The minimum absolute atomic E-state index is 0.138. The van der Waals surface area contributed by atoms with E-state index in [-0.39, 0.29) is 12.3 Å². The maximum Gasteiger partial charge on any atom is 0.331 e. The maximum absolute atomic E-state index is 14.1. The Morgan fingerprint density at radius 3 is 2.17 bits per heavy atom. The molecule has 0 radical (unpaired) electrons. The van der Waals surface area contributed by atoms with Crippen LogP contribution >= 0.6 is 0 Å². The average molecular weight is 488 g/mol. The van der Waals surface area contributed by atoms with E-state index in [9.17, 15) is 18.4 Å². The molecule has 2 aromatic rings. The number of hydrogen-bond acceptors (Lipinski definition) is 4. The molecule has 0 aliphatic heterocycles. The lowest BCUT2D eigenvalue weighted by atomic mass is 10.0. The Bertz CT molecular complexity index is 1060. The van der Waals surface area contributed by atoms with E-state index >= 15 is 0 Å². The highest BCUT2D eigenvalue weighted by Crippen LogP contribution is 2.31. The van der Waals surface area contributed by atoms with E-state index in [1.54, 1.807) is 19.9 Å².